The highest BCUT2D eigenvalue weighted by molar-refractivity contribution is 6.35. The third-order valence-corrected chi connectivity index (χ3v) is 3.01. The molecule has 10 heteroatoms. The monoisotopic (exact) mass is 372 g/mol. The maximum atomic E-state index is 11.9. The van der Waals surface area contributed by atoms with Gasteiger partial charge in [-0.2, -0.15) is 13.2 Å². The molecular weight excluding hydrogens is 360 g/mol. The van der Waals surface area contributed by atoms with Crippen LogP contribution >= 0.6 is 23.2 Å². The lowest BCUT2D eigenvalue weighted by Gasteiger charge is -2.16. The number of ether oxygens (including phenoxy) is 1. The van der Waals surface area contributed by atoms with Gasteiger partial charge in [-0.1, -0.05) is 23.2 Å². The van der Waals surface area contributed by atoms with Crippen LogP contribution in [0.15, 0.2) is 18.2 Å². The van der Waals surface area contributed by atoms with Gasteiger partial charge in [-0.25, -0.2) is 0 Å². The van der Waals surface area contributed by atoms with E-state index >= 15 is 0 Å². The Kier molecular flexibility index (Phi) is 6.96. The number of hydrogen-bond acceptors (Lipinski definition) is 3. The third kappa shape index (κ3) is 7.43. The summed E-state index contributed by atoms with van der Waals surface area (Å²) in [6, 6.07) is 4.40. The van der Waals surface area contributed by atoms with Crippen LogP contribution in [0.1, 0.15) is 6.92 Å². The second-order valence-electron chi connectivity index (χ2n) is 4.44. The molecule has 0 bridgehead atoms. The lowest BCUT2D eigenvalue weighted by atomic mass is 10.3. The number of carbonyl (C=O) groups is 2. The zero-order chi connectivity index (χ0) is 17.6. The molecule has 0 aromatic heterocycles. The summed E-state index contributed by atoms with van der Waals surface area (Å²) in [7, 11) is 0. The molecule has 5 nitrogen and oxygen atoms in total. The number of rotatable bonds is 6. The first-order chi connectivity index (χ1) is 10.6. The summed E-state index contributed by atoms with van der Waals surface area (Å²) in [6.45, 7) is -0.668. The Morgan fingerprint density at radius 2 is 1.91 bits per heavy atom. The van der Waals surface area contributed by atoms with E-state index < -0.39 is 37.2 Å². The van der Waals surface area contributed by atoms with Gasteiger partial charge >= 0.3 is 6.18 Å². The zero-order valence-corrected chi connectivity index (χ0v) is 13.4. The van der Waals surface area contributed by atoms with Crippen molar-refractivity contribution in [3.8, 4) is 5.75 Å². The molecular formula is C13H13Cl2F3N2O3. The molecule has 0 aliphatic heterocycles. The van der Waals surface area contributed by atoms with E-state index in [0.717, 1.165) is 0 Å². The molecule has 0 saturated heterocycles. The number of carbonyl (C=O) groups excluding carboxylic acids is 2. The molecule has 23 heavy (non-hydrogen) atoms. The van der Waals surface area contributed by atoms with Crippen molar-refractivity contribution in [1.29, 1.82) is 0 Å². The molecule has 1 rings (SSSR count). The highest BCUT2D eigenvalue weighted by Gasteiger charge is 2.27. The fraction of sp³-hybridized carbons (Fsp3) is 0.385. The molecule has 0 fully saturated rings. The Bertz CT molecular complexity index is 582. The molecule has 2 N–H and O–H groups in total. The third-order valence-electron chi connectivity index (χ3n) is 2.48. The van der Waals surface area contributed by atoms with Crippen LogP contribution in [-0.2, 0) is 9.59 Å². The van der Waals surface area contributed by atoms with E-state index in [-0.39, 0.29) is 10.8 Å². The normalized spacial score (nSPS) is 12.4. The Labute approximate surface area is 140 Å². The van der Waals surface area contributed by atoms with Crippen molar-refractivity contribution in [2.75, 3.05) is 13.1 Å². The first-order valence-electron chi connectivity index (χ1n) is 6.31. The van der Waals surface area contributed by atoms with Gasteiger partial charge < -0.3 is 15.4 Å². The van der Waals surface area contributed by atoms with E-state index in [4.69, 9.17) is 27.9 Å². The summed E-state index contributed by atoms with van der Waals surface area (Å²) in [5.41, 5.74) is 0. The maximum Gasteiger partial charge on any atom is 0.405 e. The smallest absolute Gasteiger partial charge is 0.405 e. The predicted molar refractivity (Wildman–Crippen MR) is 78.6 cm³/mol. The van der Waals surface area contributed by atoms with Gasteiger partial charge in [-0.15, -0.1) is 0 Å². The lowest BCUT2D eigenvalue weighted by molar-refractivity contribution is -0.139. The molecule has 0 saturated carbocycles. The van der Waals surface area contributed by atoms with E-state index in [1.165, 1.54) is 25.1 Å². The maximum absolute atomic E-state index is 11.9. The van der Waals surface area contributed by atoms with E-state index in [9.17, 15) is 22.8 Å². The minimum absolute atomic E-state index is 0.195. The second kappa shape index (κ2) is 8.26. The number of nitrogens with one attached hydrogen (secondary N) is 2. The van der Waals surface area contributed by atoms with Crippen molar-refractivity contribution in [2.45, 2.75) is 19.2 Å². The Hall–Kier alpha value is -1.67. The average molecular weight is 373 g/mol. The minimum atomic E-state index is -4.51. The Morgan fingerprint density at radius 1 is 1.26 bits per heavy atom. The molecule has 0 aliphatic rings. The molecule has 0 spiro atoms. The van der Waals surface area contributed by atoms with Gasteiger partial charge in [0.25, 0.3) is 5.91 Å². The number of halogens is 5. The van der Waals surface area contributed by atoms with Crippen LogP contribution in [0.4, 0.5) is 13.2 Å². The van der Waals surface area contributed by atoms with Crippen molar-refractivity contribution in [3.63, 3.8) is 0 Å². The van der Waals surface area contributed by atoms with Crippen LogP contribution in [0.3, 0.4) is 0 Å². The van der Waals surface area contributed by atoms with Crippen LogP contribution < -0.4 is 15.4 Å². The van der Waals surface area contributed by atoms with Crippen LogP contribution in [0, 0.1) is 0 Å². The standard InChI is InChI=1S/C13H13Cl2F3N2O3/c1-7(23-10-3-2-8(14)4-9(10)15)12(22)19-5-11(21)20-6-13(16,17)18/h2-4,7H,5-6H2,1H3,(H,19,22)(H,20,21). The summed E-state index contributed by atoms with van der Waals surface area (Å²) < 4.78 is 41.0. The summed E-state index contributed by atoms with van der Waals surface area (Å²) in [6.07, 6.45) is -5.52. The largest absolute Gasteiger partial charge is 0.479 e. The Morgan fingerprint density at radius 3 is 2.48 bits per heavy atom. The predicted octanol–water partition coefficient (Wildman–Crippen LogP) is 2.56. The Balaban J connectivity index is 2.43. The fourth-order valence-corrected chi connectivity index (χ4v) is 1.84. The number of benzene rings is 1. The van der Waals surface area contributed by atoms with Gasteiger partial charge in [0.05, 0.1) is 11.6 Å². The second-order valence-corrected chi connectivity index (χ2v) is 5.29. The summed E-state index contributed by atoms with van der Waals surface area (Å²) in [5.74, 6) is -1.44. The van der Waals surface area contributed by atoms with Crippen molar-refractivity contribution in [2.24, 2.45) is 0 Å². The van der Waals surface area contributed by atoms with Crippen LogP contribution in [0.25, 0.3) is 0 Å². The van der Waals surface area contributed by atoms with E-state index in [2.05, 4.69) is 5.32 Å². The highest BCUT2D eigenvalue weighted by atomic mass is 35.5. The van der Waals surface area contributed by atoms with E-state index in [1.807, 2.05) is 0 Å². The molecule has 0 aliphatic carbocycles. The molecule has 0 radical (unpaired) electrons. The van der Waals surface area contributed by atoms with Crippen LogP contribution in [0.2, 0.25) is 10.0 Å². The summed E-state index contributed by atoms with van der Waals surface area (Å²) in [4.78, 5) is 22.9. The van der Waals surface area contributed by atoms with Crippen molar-refractivity contribution in [3.05, 3.63) is 28.2 Å². The molecule has 1 aromatic rings. The highest BCUT2D eigenvalue weighted by Crippen LogP contribution is 2.28. The lowest BCUT2D eigenvalue weighted by Crippen LogP contribution is -2.44. The molecule has 2 amide bonds. The zero-order valence-electron chi connectivity index (χ0n) is 11.8. The van der Waals surface area contributed by atoms with Gasteiger partial charge in [0.2, 0.25) is 5.91 Å². The SMILES string of the molecule is CC(Oc1ccc(Cl)cc1Cl)C(=O)NCC(=O)NCC(F)(F)F. The molecule has 1 atom stereocenters. The van der Waals surface area contributed by atoms with E-state index in [0.29, 0.717) is 5.02 Å². The number of alkyl halides is 3. The first-order valence-corrected chi connectivity index (χ1v) is 7.07. The fourth-order valence-electron chi connectivity index (χ4n) is 1.39. The minimum Gasteiger partial charge on any atom is -0.479 e. The quantitative estimate of drug-likeness (QED) is 0.806. The van der Waals surface area contributed by atoms with E-state index in [1.54, 1.807) is 5.32 Å². The molecule has 1 unspecified atom stereocenters. The van der Waals surface area contributed by atoms with Gasteiger partial charge in [0, 0.05) is 5.02 Å². The summed E-state index contributed by atoms with van der Waals surface area (Å²) in [5, 5.41) is 4.37. The first kappa shape index (κ1) is 19.4. The van der Waals surface area contributed by atoms with Gasteiger partial charge in [0.15, 0.2) is 6.10 Å². The number of amides is 2. The van der Waals surface area contributed by atoms with Crippen molar-refractivity contribution >= 4 is 35.0 Å². The average Bonchev–Trinajstić information content (AvgIpc) is 2.44. The van der Waals surface area contributed by atoms with Crippen molar-refractivity contribution < 1.29 is 27.5 Å². The number of hydrogen-bond donors (Lipinski definition) is 2. The molecule has 128 valence electrons. The van der Waals surface area contributed by atoms with Crippen molar-refractivity contribution in [1.82, 2.24) is 10.6 Å². The summed E-state index contributed by atoms with van der Waals surface area (Å²) >= 11 is 11.6. The van der Waals surface area contributed by atoms with Gasteiger partial charge in [-0.05, 0) is 25.1 Å². The van der Waals surface area contributed by atoms with Crippen LogP contribution in [-0.4, -0.2) is 37.2 Å². The van der Waals surface area contributed by atoms with Gasteiger partial charge in [-0.3, -0.25) is 9.59 Å². The topological polar surface area (TPSA) is 67.4 Å². The van der Waals surface area contributed by atoms with Gasteiger partial charge in [0.1, 0.15) is 12.3 Å². The molecule has 0 heterocycles. The molecule has 1 aromatic carbocycles. The van der Waals surface area contributed by atoms with Crippen LogP contribution in [0.5, 0.6) is 5.75 Å².